The van der Waals surface area contributed by atoms with Gasteiger partial charge in [-0.05, 0) is 44.6 Å². The lowest BCUT2D eigenvalue weighted by molar-refractivity contribution is -0.385. The first kappa shape index (κ1) is 13.5. The Kier molecular flexibility index (Phi) is 4.49. The number of allylic oxidation sites excluding steroid dienone is 1. The largest absolute Gasteiger partial charge is 0.370 e. The van der Waals surface area contributed by atoms with E-state index in [4.69, 9.17) is 0 Å². The Labute approximate surface area is 112 Å². The Morgan fingerprint density at radius 2 is 2.32 bits per heavy atom. The maximum absolute atomic E-state index is 10.6. The predicted molar refractivity (Wildman–Crippen MR) is 75.3 cm³/mol. The molecule has 0 radical (unpaired) electrons. The molecule has 0 atom stereocenters. The summed E-state index contributed by atoms with van der Waals surface area (Å²) in [5, 5.41) is 13.9. The second kappa shape index (κ2) is 6.31. The summed E-state index contributed by atoms with van der Waals surface area (Å²) in [7, 11) is 0. The van der Waals surface area contributed by atoms with Gasteiger partial charge in [0, 0.05) is 12.6 Å². The van der Waals surface area contributed by atoms with Crippen molar-refractivity contribution in [1.82, 2.24) is 4.98 Å². The van der Waals surface area contributed by atoms with Crippen LogP contribution in [0.25, 0.3) is 0 Å². The van der Waals surface area contributed by atoms with Crippen LogP contribution in [0.5, 0.6) is 0 Å². The van der Waals surface area contributed by atoms with E-state index >= 15 is 0 Å². The van der Waals surface area contributed by atoms with Gasteiger partial charge in [-0.3, -0.25) is 10.1 Å². The van der Waals surface area contributed by atoms with Crippen molar-refractivity contribution in [2.75, 3.05) is 11.9 Å². The summed E-state index contributed by atoms with van der Waals surface area (Å²) in [5.41, 5.74) is 2.36. The zero-order chi connectivity index (χ0) is 13.7. The third kappa shape index (κ3) is 3.77. The highest BCUT2D eigenvalue weighted by Gasteiger charge is 2.09. The van der Waals surface area contributed by atoms with E-state index < -0.39 is 4.92 Å². The standard InChI is InChI=1S/C14H19N3O2/c1-11-9-13(17(18)19)10-16-14(11)15-8-7-12-5-3-2-4-6-12/h5,9-10H,2-4,6-8H2,1H3,(H,15,16). The number of nitrogens with zero attached hydrogens (tertiary/aromatic N) is 2. The van der Waals surface area contributed by atoms with E-state index in [2.05, 4.69) is 16.4 Å². The van der Waals surface area contributed by atoms with E-state index in [0.29, 0.717) is 0 Å². The molecule has 1 heterocycles. The molecule has 1 aliphatic rings. The second-order valence-electron chi connectivity index (χ2n) is 4.90. The van der Waals surface area contributed by atoms with E-state index in [1.54, 1.807) is 6.07 Å². The molecule has 0 saturated heterocycles. The molecule has 5 nitrogen and oxygen atoms in total. The number of nitro groups is 1. The summed E-state index contributed by atoms with van der Waals surface area (Å²) in [6.07, 6.45) is 9.66. The fraction of sp³-hybridized carbons (Fsp3) is 0.500. The molecule has 0 aliphatic heterocycles. The van der Waals surface area contributed by atoms with E-state index in [-0.39, 0.29) is 5.69 Å². The zero-order valence-corrected chi connectivity index (χ0v) is 11.2. The van der Waals surface area contributed by atoms with Gasteiger partial charge >= 0.3 is 0 Å². The molecule has 2 rings (SSSR count). The first-order valence-corrected chi connectivity index (χ1v) is 6.69. The number of nitrogens with one attached hydrogen (secondary N) is 1. The van der Waals surface area contributed by atoms with E-state index in [1.807, 2.05) is 6.92 Å². The SMILES string of the molecule is Cc1cc([N+](=O)[O-])cnc1NCCC1=CCCCC1. The van der Waals surface area contributed by atoms with Gasteiger partial charge in [-0.15, -0.1) is 0 Å². The zero-order valence-electron chi connectivity index (χ0n) is 11.2. The van der Waals surface area contributed by atoms with Crippen LogP contribution in [0.2, 0.25) is 0 Å². The molecule has 1 aliphatic carbocycles. The van der Waals surface area contributed by atoms with Crippen molar-refractivity contribution in [1.29, 1.82) is 0 Å². The summed E-state index contributed by atoms with van der Waals surface area (Å²) in [4.78, 5) is 14.3. The number of hydrogen-bond donors (Lipinski definition) is 1. The highest BCUT2D eigenvalue weighted by Crippen LogP contribution is 2.21. The molecule has 0 saturated carbocycles. The van der Waals surface area contributed by atoms with Gasteiger partial charge in [0.15, 0.2) is 0 Å². The number of aromatic nitrogens is 1. The van der Waals surface area contributed by atoms with Crippen LogP contribution in [0.15, 0.2) is 23.9 Å². The minimum Gasteiger partial charge on any atom is -0.370 e. The average molecular weight is 261 g/mol. The number of aryl methyl sites for hydroxylation is 1. The Bertz CT molecular complexity index is 497. The summed E-state index contributed by atoms with van der Waals surface area (Å²) in [5.74, 6) is 0.738. The Morgan fingerprint density at radius 1 is 1.47 bits per heavy atom. The van der Waals surface area contributed by atoms with Crippen molar-refractivity contribution >= 4 is 11.5 Å². The van der Waals surface area contributed by atoms with Gasteiger partial charge in [-0.2, -0.15) is 0 Å². The van der Waals surface area contributed by atoms with E-state index in [1.165, 1.54) is 37.5 Å². The van der Waals surface area contributed by atoms with Gasteiger partial charge in [0.25, 0.3) is 5.69 Å². The first-order valence-electron chi connectivity index (χ1n) is 6.69. The molecule has 1 N–H and O–H groups in total. The maximum atomic E-state index is 10.6. The monoisotopic (exact) mass is 261 g/mol. The second-order valence-corrected chi connectivity index (χ2v) is 4.90. The number of anilines is 1. The van der Waals surface area contributed by atoms with Gasteiger partial charge in [-0.25, -0.2) is 4.98 Å². The number of rotatable bonds is 5. The summed E-state index contributed by atoms with van der Waals surface area (Å²) < 4.78 is 0. The smallest absolute Gasteiger partial charge is 0.287 e. The van der Waals surface area contributed by atoms with Gasteiger partial charge in [0.05, 0.1) is 4.92 Å². The van der Waals surface area contributed by atoms with Gasteiger partial charge in [-0.1, -0.05) is 11.6 Å². The first-order chi connectivity index (χ1) is 9.16. The molecule has 5 heteroatoms. The fourth-order valence-corrected chi connectivity index (χ4v) is 2.32. The van der Waals surface area contributed by atoms with Crippen LogP contribution in [0.4, 0.5) is 11.5 Å². The molecule has 1 aromatic rings. The lowest BCUT2D eigenvalue weighted by atomic mass is 9.97. The van der Waals surface area contributed by atoms with Crippen molar-refractivity contribution < 1.29 is 4.92 Å². The predicted octanol–water partition coefficient (Wildman–Crippen LogP) is 3.60. The van der Waals surface area contributed by atoms with E-state index in [9.17, 15) is 10.1 Å². The molecular weight excluding hydrogens is 242 g/mol. The summed E-state index contributed by atoms with van der Waals surface area (Å²) in [6.45, 7) is 2.67. The van der Waals surface area contributed by atoms with Crippen LogP contribution in [-0.2, 0) is 0 Å². The lowest BCUT2D eigenvalue weighted by Gasteiger charge is -2.13. The van der Waals surface area contributed by atoms with Crippen LogP contribution in [0.3, 0.4) is 0 Å². The molecule has 19 heavy (non-hydrogen) atoms. The summed E-state index contributed by atoms with van der Waals surface area (Å²) in [6, 6.07) is 1.55. The Hall–Kier alpha value is -1.91. The maximum Gasteiger partial charge on any atom is 0.287 e. The van der Waals surface area contributed by atoms with E-state index in [0.717, 1.165) is 24.3 Å². The van der Waals surface area contributed by atoms with Crippen molar-refractivity contribution in [3.63, 3.8) is 0 Å². The molecule has 1 aromatic heterocycles. The Morgan fingerprint density at radius 3 is 2.95 bits per heavy atom. The van der Waals surface area contributed by atoms with Crippen LogP contribution in [0.1, 0.15) is 37.7 Å². The molecular formula is C14H19N3O2. The van der Waals surface area contributed by atoms with Crippen molar-refractivity contribution in [3.05, 3.63) is 39.6 Å². The topological polar surface area (TPSA) is 68.1 Å². The third-order valence-electron chi connectivity index (χ3n) is 3.40. The minimum atomic E-state index is -0.420. The Balaban J connectivity index is 1.89. The average Bonchev–Trinajstić information content (AvgIpc) is 2.41. The van der Waals surface area contributed by atoms with Gasteiger partial charge in [0.1, 0.15) is 12.0 Å². The van der Waals surface area contributed by atoms with Crippen molar-refractivity contribution in [3.8, 4) is 0 Å². The summed E-state index contributed by atoms with van der Waals surface area (Å²) >= 11 is 0. The molecule has 0 aromatic carbocycles. The van der Waals surface area contributed by atoms with Gasteiger partial charge in [0.2, 0.25) is 0 Å². The highest BCUT2D eigenvalue weighted by molar-refractivity contribution is 5.48. The molecule has 0 amide bonds. The third-order valence-corrected chi connectivity index (χ3v) is 3.40. The van der Waals surface area contributed by atoms with Crippen molar-refractivity contribution in [2.24, 2.45) is 0 Å². The normalized spacial score (nSPS) is 14.9. The number of pyridine rings is 1. The highest BCUT2D eigenvalue weighted by atomic mass is 16.6. The van der Waals surface area contributed by atoms with Crippen LogP contribution < -0.4 is 5.32 Å². The van der Waals surface area contributed by atoms with Gasteiger partial charge < -0.3 is 5.32 Å². The number of hydrogen-bond acceptors (Lipinski definition) is 4. The molecule has 0 spiro atoms. The van der Waals surface area contributed by atoms with Crippen LogP contribution >= 0.6 is 0 Å². The molecule has 102 valence electrons. The van der Waals surface area contributed by atoms with Crippen LogP contribution in [-0.4, -0.2) is 16.5 Å². The molecule has 0 bridgehead atoms. The quantitative estimate of drug-likeness (QED) is 0.499. The molecule has 0 fully saturated rings. The lowest BCUT2D eigenvalue weighted by Crippen LogP contribution is -2.07. The molecule has 0 unspecified atom stereocenters. The minimum absolute atomic E-state index is 0.0399. The van der Waals surface area contributed by atoms with Crippen molar-refractivity contribution in [2.45, 2.75) is 39.0 Å². The van der Waals surface area contributed by atoms with Crippen LogP contribution in [0, 0.1) is 17.0 Å². The fourth-order valence-electron chi connectivity index (χ4n) is 2.32.